The van der Waals surface area contributed by atoms with Crippen molar-refractivity contribution in [3.05, 3.63) is 35.1 Å². The highest BCUT2D eigenvalue weighted by Gasteiger charge is 2.14. The third-order valence-corrected chi connectivity index (χ3v) is 3.08. The van der Waals surface area contributed by atoms with E-state index in [0.717, 1.165) is 26.2 Å². The molecule has 7 heteroatoms. The number of esters is 1. The average Bonchev–Trinajstić information content (AvgIpc) is 2.41. The second kappa shape index (κ2) is 9.13. The van der Waals surface area contributed by atoms with Crippen molar-refractivity contribution in [1.29, 1.82) is 0 Å². The van der Waals surface area contributed by atoms with Crippen molar-refractivity contribution in [3.63, 3.8) is 0 Å². The number of benzene rings is 1. The minimum atomic E-state index is -0.511. The Hall–Kier alpha value is -0.880. The van der Waals surface area contributed by atoms with E-state index in [-0.39, 0.29) is 36.2 Å². The zero-order valence-corrected chi connectivity index (χ0v) is 12.9. The highest BCUT2D eigenvalue weighted by molar-refractivity contribution is 5.89. The van der Waals surface area contributed by atoms with Gasteiger partial charge in [-0.2, -0.15) is 0 Å². The number of nitrogens with one attached hydrogen (secondary N) is 1. The fraction of sp³-hybridized carbons (Fsp3) is 0.462. The number of ether oxygens (including phenoxy) is 1. The maximum absolute atomic E-state index is 13.9. The Balaban J connectivity index is 0.00000180. The van der Waals surface area contributed by atoms with Crippen LogP contribution in [-0.2, 0) is 11.3 Å². The molecule has 4 nitrogen and oxygen atoms in total. The summed E-state index contributed by atoms with van der Waals surface area (Å²) in [6.07, 6.45) is 0. The third-order valence-electron chi connectivity index (χ3n) is 3.08. The average molecular weight is 325 g/mol. The molecule has 0 saturated carbocycles. The number of rotatable bonds is 3. The van der Waals surface area contributed by atoms with Gasteiger partial charge in [-0.05, 0) is 12.1 Å². The van der Waals surface area contributed by atoms with Crippen LogP contribution in [0.5, 0.6) is 0 Å². The zero-order valence-electron chi connectivity index (χ0n) is 11.2. The molecule has 2 rings (SSSR count). The zero-order chi connectivity index (χ0) is 13.0. The lowest BCUT2D eigenvalue weighted by molar-refractivity contribution is 0.0600. The van der Waals surface area contributed by atoms with Crippen LogP contribution in [0.15, 0.2) is 18.2 Å². The topological polar surface area (TPSA) is 41.6 Å². The minimum absolute atomic E-state index is 0. The summed E-state index contributed by atoms with van der Waals surface area (Å²) in [6.45, 7) is 4.27. The van der Waals surface area contributed by atoms with Gasteiger partial charge in [0.1, 0.15) is 5.82 Å². The first-order valence-corrected chi connectivity index (χ1v) is 6.00. The minimum Gasteiger partial charge on any atom is -0.465 e. The first kappa shape index (κ1) is 19.1. The van der Waals surface area contributed by atoms with Crippen molar-refractivity contribution in [1.82, 2.24) is 10.2 Å². The van der Waals surface area contributed by atoms with Gasteiger partial charge in [-0.3, -0.25) is 4.90 Å². The molecule has 0 aliphatic carbocycles. The Kier molecular flexibility index (Phi) is 8.73. The van der Waals surface area contributed by atoms with Gasteiger partial charge in [0.15, 0.2) is 0 Å². The molecule has 1 N–H and O–H groups in total. The molecule has 1 saturated heterocycles. The monoisotopic (exact) mass is 324 g/mol. The molecule has 0 spiro atoms. The van der Waals surface area contributed by atoms with Crippen molar-refractivity contribution < 1.29 is 13.9 Å². The molecule has 0 aromatic heterocycles. The first-order chi connectivity index (χ1) is 8.70. The maximum Gasteiger partial charge on any atom is 0.337 e. The van der Waals surface area contributed by atoms with Crippen LogP contribution in [0.4, 0.5) is 4.39 Å². The molecular weight excluding hydrogens is 306 g/mol. The predicted molar refractivity (Wildman–Crippen MR) is 80.4 cm³/mol. The normalized spacial score (nSPS) is 14.9. The van der Waals surface area contributed by atoms with Crippen molar-refractivity contribution >= 4 is 30.8 Å². The van der Waals surface area contributed by atoms with Gasteiger partial charge in [-0.15, -0.1) is 24.8 Å². The Bertz CT molecular complexity index is 440. The summed E-state index contributed by atoms with van der Waals surface area (Å²) in [5, 5.41) is 3.25. The van der Waals surface area contributed by atoms with Gasteiger partial charge < -0.3 is 10.1 Å². The largest absolute Gasteiger partial charge is 0.465 e. The summed E-state index contributed by atoms with van der Waals surface area (Å²) in [7, 11) is 1.29. The number of methoxy groups -OCH3 is 1. The summed E-state index contributed by atoms with van der Waals surface area (Å²) in [6, 6.07) is 4.50. The molecule has 114 valence electrons. The van der Waals surface area contributed by atoms with Gasteiger partial charge in [0.05, 0.1) is 12.7 Å². The van der Waals surface area contributed by atoms with E-state index in [2.05, 4.69) is 15.0 Å². The number of hydrogen-bond donors (Lipinski definition) is 1. The molecule has 1 aromatic rings. The molecule has 0 radical (unpaired) electrons. The van der Waals surface area contributed by atoms with Crippen LogP contribution in [0.3, 0.4) is 0 Å². The van der Waals surface area contributed by atoms with Crippen LogP contribution in [0.2, 0.25) is 0 Å². The number of carbonyl (C=O) groups excluding carboxylic acids is 1. The van der Waals surface area contributed by atoms with Crippen LogP contribution in [0.1, 0.15) is 15.9 Å². The molecule has 0 unspecified atom stereocenters. The summed E-state index contributed by atoms with van der Waals surface area (Å²) in [5.74, 6) is -0.862. The quantitative estimate of drug-likeness (QED) is 0.862. The lowest BCUT2D eigenvalue weighted by atomic mass is 10.1. The number of piperazine rings is 1. The van der Waals surface area contributed by atoms with E-state index >= 15 is 0 Å². The van der Waals surface area contributed by atoms with Crippen LogP contribution < -0.4 is 5.32 Å². The standard InChI is InChI=1S/C13H17FN2O2.2ClH/c1-18-13(17)10-2-3-11(12(14)8-10)9-16-6-4-15-5-7-16;;/h2-3,8,15H,4-7,9H2,1H3;2*1H. The number of carbonyl (C=O) groups is 1. The number of hydrogen-bond acceptors (Lipinski definition) is 4. The molecule has 20 heavy (non-hydrogen) atoms. The highest BCUT2D eigenvalue weighted by Crippen LogP contribution is 2.14. The van der Waals surface area contributed by atoms with E-state index in [1.165, 1.54) is 13.2 Å². The van der Waals surface area contributed by atoms with Gasteiger partial charge in [0.2, 0.25) is 0 Å². The van der Waals surface area contributed by atoms with Crippen LogP contribution in [-0.4, -0.2) is 44.2 Å². The Labute approximate surface area is 130 Å². The van der Waals surface area contributed by atoms with E-state index in [4.69, 9.17) is 0 Å². The van der Waals surface area contributed by atoms with E-state index in [1.54, 1.807) is 12.1 Å². The highest BCUT2D eigenvalue weighted by atomic mass is 35.5. The van der Waals surface area contributed by atoms with Crippen molar-refractivity contribution in [2.24, 2.45) is 0 Å². The molecule has 1 aliphatic heterocycles. The second-order valence-electron chi connectivity index (χ2n) is 4.32. The molecule has 1 heterocycles. The Morgan fingerprint density at radius 1 is 1.35 bits per heavy atom. The summed E-state index contributed by atoms with van der Waals surface area (Å²) in [4.78, 5) is 13.4. The lowest BCUT2D eigenvalue weighted by Gasteiger charge is -2.27. The molecule has 1 aromatic carbocycles. The van der Waals surface area contributed by atoms with Gasteiger partial charge in [0.25, 0.3) is 0 Å². The van der Waals surface area contributed by atoms with Crippen LogP contribution in [0.25, 0.3) is 0 Å². The lowest BCUT2D eigenvalue weighted by Crippen LogP contribution is -2.43. The summed E-state index contributed by atoms with van der Waals surface area (Å²) >= 11 is 0. The molecule has 0 bridgehead atoms. The van der Waals surface area contributed by atoms with Gasteiger partial charge in [0, 0.05) is 38.3 Å². The van der Waals surface area contributed by atoms with E-state index in [0.29, 0.717) is 12.1 Å². The van der Waals surface area contributed by atoms with E-state index < -0.39 is 5.97 Å². The second-order valence-corrected chi connectivity index (χ2v) is 4.32. The SMILES string of the molecule is COC(=O)c1ccc(CN2CCNCC2)c(F)c1.Cl.Cl. The molecule has 1 fully saturated rings. The fourth-order valence-electron chi connectivity index (χ4n) is 2.03. The maximum atomic E-state index is 13.9. The summed E-state index contributed by atoms with van der Waals surface area (Å²) in [5.41, 5.74) is 0.864. The van der Waals surface area contributed by atoms with Crippen LogP contribution >= 0.6 is 24.8 Å². The van der Waals surface area contributed by atoms with E-state index in [1.807, 2.05) is 0 Å². The predicted octanol–water partition coefficient (Wildman–Crippen LogP) is 1.86. The molecule has 1 aliphatic rings. The van der Waals surface area contributed by atoms with Crippen molar-refractivity contribution in [2.75, 3.05) is 33.3 Å². The van der Waals surface area contributed by atoms with Gasteiger partial charge >= 0.3 is 5.97 Å². The summed E-state index contributed by atoms with van der Waals surface area (Å²) < 4.78 is 18.4. The van der Waals surface area contributed by atoms with Gasteiger partial charge in [-0.1, -0.05) is 6.07 Å². The number of nitrogens with zero attached hydrogens (tertiary/aromatic N) is 1. The third kappa shape index (κ3) is 4.90. The van der Waals surface area contributed by atoms with Crippen molar-refractivity contribution in [2.45, 2.75) is 6.54 Å². The molecule has 0 amide bonds. The molecular formula is C13H19Cl2FN2O2. The first-order valence-electron chi connectivity index (χ1n) is 6.00. The molecule has 0 atom stereocenters. The van der Waals surface area contributed by atoms with E-state index in [9.17, 15) is 9.18 Å². The number of halogens is 3. The Morgan fingerprint density at radius 2 is 2.00 bits per heavy atom. The van der Waals surface area contributed by atoms with Crippen molar-refractivity contribution in [3.8, 4) is 0 Å². The fourth-order valence-corrected chi connectivity index (χ4v) is 2.03. The smallest absolute Gasteiger partial charge is 0.337 e. The Morgan fingerprint density at radius 3 is 2.55 bits per heavy atom. The van der Waals surface area contributed by atoms with Crippen LogP contribution in [0, 0.1) is 5.82 Å². The van der Waals surface area contributed by atoms with Gasteiger partial charge in [-0.25, -0.2) is 9.18 Å².